The monoisotopic (exact) mass is 307 g/mol. The predicted octanol–water partition coefficient (Wildman–Crippen LogP) is 4.29. The van der Waals surface area contributed by atoms with Crippen molar-refractivity contribution >= 4 is 27.3 Å². The van der Waals surface area contributed by atoms with Gasteiger partial charge in [-0.25, -0.2) is 0 Å². The molecule has 1 unspecified atom stereocenters. The van der Waals surface area contributed by atoms with Gasteiger partial charge >= 0.3 is 0 Å². The Labute approximate surface area is 114 Å². The van der Waals surface area contributed by atoms with E-state index in [0.29, 0.717) is 6.04 Å². The van der Waals surface area contributed by atoms with Crippen molar-refractivity contribution in [1.29, 1.82) is 0 Å². The summed E-state index contributed by atoms with van der Waals surface area (Å²) in [5.41, 5.74) is 3.00. The first-order chi connectivity index (χ1) is 8.34. The molecule has 1 aromatic heterocycles. The molecule has 0 spiro atoms. The van der Waals surface area contributed by atoms with Gasteiger partial charge in [-0.05, 0) is 51.3 Å². The van der Waals surface area contributed by atoms with E-state index in [1.54, 1.807) is 11.3 Å². The molecule has 0 aliphatic heterocycles. The quantitative estimate of drug-likeness (QED) is 0.892. The van der Waals surface area contributed by atoms with E-state index in [4.69, 9.17) is 0 Å². The molecule has 2 aromatic rings. The first-order valence-corrected chi connectivity index (χ1v) is 7.55. The van der Waals surface area contributed by atoms with Gasteiger partial charge in [-0.1, -0.05) is 24.3 Å². The third-order valence-electron chi connectivity index (χ3n) is 3.33. The molecule has 1 atom stereocenters. The maximum absolute atomic E-state index is 3.66. The largest absolute Gasteiger partial charge is 0.305 e. The summed E-state index contributed by atoms with van der Waals surface area (Å²) in [4.78, 5) is 1.38. The van der Waals surface area contributed by atoms with Gasteiger partial charge in [0.05, 0.1) is 0 Å². The third-order valence-corrected chi connectivity index (χ3v) is 5.26. The SMILES string of the molecule is Brc1ccsc1CNC1CCc2ccccc21. The van der Waals surface area contributed by atoms with Crippen LogP contribution in [-0.2, 0) is 13.0 Å². The second kappa shape index (κ2) is 4.92. The number of hydrogen-bond donors (Lipinski definition) is 1. The molecule has 0 saturated carbocycles. The second-order valence-electron chi connectivity index (χ2n) is 4.36. The van der Waals surface area contributed by atoms with E-state index in [9.17, 15) is 0 Å². The Morgan fingerprint density at radius 1 is 1.29 bits per heavy atom. The van der Waals surface area contributed by atoms with Gasteiger partial charge < -0.3 is 5.32 Å². The van der Waals surface area contributed by atoms with Crippen LogP contribution in [0.4, 0.5) is 0 Å². The Bertz CT molecular complexity index is 520. The lowest BCUT2D eigenvalue weighted by atomic mass is 10.1. The molecule has 1 aliphatic rings. The zero-order chi connectivity index (χ0) is 11.7. The molecule has 3 rings (SSSR count). The summed E-state index contributed by atoms with van der Waals surface area (Å²) in [6, 6.07) is 11.4. The lowest BCUT2D eigenvalue weighted by Crippen LogP contribution is -2.18. The van der Waals surface area contributed by atoms with E-state index in [2.05, 4.69) is 57.0 Å². The Kier molecular flexibility index (Phi) is 3.32. The zero-order valence-electron chi connectivity index (χ0n) is 9.45. The first-order valence-electron chi connectivity index (χ1n) is 5.87. The van der Waals surface area contributed by atoms with E-state index >= 15 is 0 Å². The second-order valence-corrected chi connectivity index (χ2v) is 6.22. The van der Waals surface area contributed by atoms with Crippen LogP contribution in [0.25, 0.3) is 0 Å². The molecule has 0 radical (unpaired) electrons. The highest BCUT2D eigenvalue weighted by atomic mass is 79.9. The minimum absolute atomic E-state index is 0.528. The lowest BCUT2D eigenvalue weighted by Gasteiger charge is -2.13. The standard InChI is InChI=1S/C14H14BrNS/c15-12-7-8-17-14(12)9-16-13-6-5-10-3-1-2-4-11(10)13/h1-4,7-8,13,16H,5-6,9H2. The highest BCUT2D eigenvalue weighted by Gasteiger charge is 2.21. The van der Waals surface area contributed by atoms with Crippen LogP contribution >= 0.6 is 27.3 Å². The molecule has 3 heteroatoms. The van der Waals surface area contributed by atoms with Crippen LogP contribution in [0.3, 0.4) is 0 Å². The molecular weight excluding hydrogens is 294 g/mol. The van der Waals surface area contributed by atoms with Crippen LogP contribution in [0.15, 0.2) is 40.2 Å². The van der Waals surface area contributed by atoms with Gasteiger partial charge in [0, 0.05) is 21.9 Å². The van der Waals surface area contributed by atoms with Crippen molar-refractivity contribution in [2.75, 3.05) is 0 Å². The summed E-state index contributed by atoms with van der Waals surface area (Å²) < 4.78 is 1.22. The first kappa shape index (κ1) is 11.5. The fraction of sp³-hybridized carbons (Fsp3) is 0.286. The molecule has 0 bridgehead atoms. The Morgan fingerprint density at radius 2 is 2.18 bits per heavy atom. The number of halogens is 1. The molecule has 0 amide bonds. The Morgan fingerprint density at radius 3 is 3.00 bits per heavy atom. The number of thiophene rings is 1. The van der Waals surface area contributed by atoms with E-state index in [1.807, 2.05) is 0 Å². The van der Waals surface area contributed by atoms with Crippen LogP contribution < -0.4 is 5.32 Å². The van der Waals surface area contributed by atoms with Crippen LogP contribution in [0.5, 0.6) is 0 Å². The van der Waals surface area contributed by atoms with Crippen molar-refractivity contribution in [2.24, 2.45) is 0 Å². The summed E-state index contributed by atoms with van der Waals surface area (Å²) in [6.07, 6.45) is 2.43. The minimum Gasteiger partial charge on any atom is -0.305 e. The van der Waals surface area contributed by atoms with Crippen LogP contribution in [0, 0.1) is 0 Å². The Balaban J connectivity index is 1.70. The number of rotatable bonds is 3. The van der Waals surface area contributed by atoms with Crippen molar-refractivity contribution < 1.29 is 0 Å². The van der Waals surface area contributed by atoms with Gasteiger partial charge in [0.2, 0.25) is 0 Å². The molecule has 0 fully saturated rings. The highest BCUT2D eigenvalue weighted by molar-refractivity contribution is 9.10. The molecule has 1 N–H and O–H groups in total. The van der Waals surface area contributed by atoms with Gasteiger partial charge in [-0.2, -0.15) is 0 Å². The lowest BCUT2D eigenvalue weighted by molar-refractivity contribution is 0.533. The molecule has 1 aromatic carbocycles. The van der Waals surface area contributed by atoms with Crippen molar-refractivity contribution in [2.45, 2.75) is 25.4 Å². The average molecular weight is 308 g/mol. The number of hydrogen-bond acceptors (Lipinski definition) is 2. The number of benzene rings is 1. The van der Waals surface area contributed by atoms with E-state index < -0.39 is 0 Å². The smallest absolute Gasteiger partial charge is 0.0329 e. The fourth-order valence-corrected chi connectivity index (χ4v) is 3.88. The van der Waals surface area contributed by atoms with Crippen molar-refractivity contribution in [1.82, 2.24) is 5.32 Å². The number of nitrogens with one attached hydrogen (secondary N) is 1. The summed E-state index contributed by atoms with van der Waals surface area (Å²) in [6.45, 7) is 0.956. The topological polar surface area (TPSA) is 12.0 Å². The van der Waals surface area contributed by atoms with E-state index in [-0.39, 0.29) is 0 Å². The highest BCUT2D eigenvalue weighted by Crippen LogP contribution is 2.31. The molecule has 1 nitrogen and oxygen atoms in total. The number of aryl methyl sites for hydroxylation is 1. The van der Waals surface area contributed by atoms with Gasteiger partial charge in [0.1, 0.15) is 0 Å². The Hall–Kier alpha value is -0.640. The van der Waals surface area contributed by atoms with Gasteiger partial charge in [0.15, 0.2) is 0 Å². The van der Waals surface area contributed by atoms with Crippen LogP contribution in [0.1, 0.15) is 28.5 Å². The zero-order valence-corrected chi connectivity index (χ0v) is 11.9. The van der Waals surface area contributed by atoms with Crippen molar-refractivity contribution in [3.8, 4) is 0 Å². The summed E-state index contributed by atoms with van der Waals surface area (Å²) in [5.74, 6) is 0. The minimum atomic E-state index is 0.528. The molecule has 0 saturated heterocycles. The molecule has 88 valence electrons. The molecule has 17 heavy (non-hydrogen) atoms. The predicted molar refractivity (Wildman–Crippen MR) is 76.4 cm³/mol. The molecule has 1 heterocycles. The van der Waals surface area contributed by atoms with Gasteiger partial charge in [-0.3, -0.25) is 0 Å². The molecule has 1 aliphatic carbocycles. The van der Waals surface area contributed by atoms with Crippen molar-refractivity contribution in [3.05, 3.63) is 56.2 Å². The normalized spacial score (nSPS) is 18.3. The fourth-order valence-electron chi connectivity index (χ4n) is 2.44. The molecular formula is C14H14BrNS. The third kappa shape index (κ3) is 2.32. The van der Waals surface area contributed by atoms with E-state index in [0.717, 1.165) is 6.54 Å². The average Bonchev–Trinajstić information content (AvgIpc) is 2.93. The number of fused-ring (bicyclic) bond motifs is 1. The van der Waals surface area contributed by atoms with E-state index in [1.165, 1.54) is 33.3 Å². The summed E-state index contributed by atoms with van der Waals surface area (Å²) in [7, 11) is 0. The maximum atomic E-state index is 3.66. The summed E-state index contributed by atoms with van der Waals surface area (Å²) >= 11 is 5.38. The van der Waals surface area contributed by atoms with Crippen molar-refractivity contribution in [3.63, 3.8) is 0 Å². The maximum Gasteiger partial charge on any atom is 0.0329 e. The summed E-state index contributed by atoms with van der Waals surface area (Å²) in [5, 5.41) is 5.79. The van der Waals surface area contributed by atoms with Crippen LogP contribution in [0.2, 0.25) is 0 Å². The van der Waals surface area contributed by atoms with Gasteiger partial charge in [-0.15, -0.1) is 11.3 Å². The van der Waals surface area contributed by atoms with Crippen LogP contribution in [-0.4, -0.2) is 0 Å². The van der Waals surface area contributed by atoms with Gasteiger partial charge in [0.25, 0.3) is 0 Å².